The topological polar surface area (TPSA) is 84.9 Å². The van der Waals surface area contributed by atoms with Crippen molar-refractivity contribution in [2.45, 2.75) is 57.8 Å². The minimum Gasteiger partial charge on any atom is -0.461 e. The molecule has 8 heteroatoms. The number of hydrogen-bond acceptors (Lipinski definition) is 5. The molecule has 0 aromatic heterocycles. The van der Waals surface area contributed by atoms with Crippen molar-refractivity contribution in [3.05, 3.63) is 35.9 Å². The molecule has 0 saturated carbocycles. The zero-order chi connectivity index (χ0) is 20.0. The average Bonchev–Trinajstić information content (AvgIpc) is 2.53. The Labute approximate surface area is 151 Å². The maximum atomic E-state index is 14.2. The molecule has 6 nitrogen and oxygen atoms in total. The van der Waals surface area contributed by atoms with Crippen LogP contribution in [0.3, 0.4) is 0 Å². The van der Waals surface area contributed by atoms with Crippen LogP contribution in [0.25, 0.3) is 0 Å². The molecule has 0 heterocycles. The molecule has 0 aliphatic rings. The van der Waals surface area contributed by atoms with E-state index in [2.05, 4.69) is 10.1 Å². The van der Waals surface area contributed by atoms with Gasteiger partial charge in [0, 0.05) is 0 Å². The fraction of sp³-hybridized carbons (Fsp3) is 0.556. The maximum Gasteiger partial charge on any atom is 0.407 e. The number of carbonyl (C=O) groups is 2. The molecule has 1 aromatic carbocycles. The minimum absolute atomic E-state index is 0.129. The van der Waals surface area contributed by atoms with Crippen LogP contribution < -0.4 is 5.32 Å². The summed E-state index contributed by atoms with van der Waals surface area (Å²) >= 11 is 0. The highest BCUT2D eigenvalue weighted by atomic mass is 19.3. The molecule has 146 valence electrons. The Morgan fingerprint density at radius 2 is 1.77 bits per heavy atom. The van der Waals surface area contributed by atoms with Crippen molar-refractivity contribution in [2.24, 2.45) is 0 Å². The van der Waals surface area contributed by atoms with Gasteiger partial charge < -0.3 is 19.9 Å². The van der Waals surface area contributed by atoms with Crippen molar-refractivity contribution >= 4 is 12.1 Å². The van der Waals surface area contributed by atoms with E-state index in [1.165, 1.54) is 6.92 Å². The SMILES string of the molecule is CCOC(=O)C(F)(F)C(O)[C@H](Cc1ccccc1)NC(=O)OC(C)(C)C. The Morgan fingerprint density at radius 1 is 1.19 bits per heavy atom. The molecule has 0 bridgehead atoms. The van der Waals surface area contributed by atoms with Gasteiger partial charge in [-0.05, 0) is 39.7 Å². The van der Waals surface area contributed by atoms with Gasteiger partial charge in [0.05, 0.1) is 12.6 Å². The van der Waals surface area contributed by atoms with E-state index in [0.29, 0.717) is 5.56 Å². The molecule has 26 heavy (non-hydrogen) atoms. The quantitative estimate of drug-likeness (QED) is 0.718. The van der Waals surface area contributed by atoms with E-state index >= 15 is 0 Å². The number of benzene rings is 1. The maximum absolute atomic E-state index is 14.2. The lowest BCUT2D eigenvalue weighted by molar-refractivity contribution is -0.191. The van der Waals surface area contributed by atoms with Crippen LogP contribution in [0, 0.1) is 0 Å². The average molecular weight is 373 g/mol. The number of ether oxygens (including phenoxy) is 2. The molecule has 1 rings (SSSR count). The van der Waals surface area contributed by atoms with Crippen LogP contribution in [0.15, 0.2) is 30.3 Å². The second-order valence-electron chi connectivity index (χ2n) is 6.73. The van der Waals surface area contributed by atoms with Gasteiger partial charge >= 0.3 is 18.0 Å². The number of halogens is 2. The molecule has 1 amide bonds. The number of hydrogen-bond donors (Lipinski definition) is 2. The smallest absolute Gasteiger partial charge is 0.407 e. The second-order valence-corrected chi connectivity index (χ2v) is 6.73. The predicted molar refractivity (Wildman–Crippen MR) is 90.9 cm³/mol. The molecule has 2 N–H and O–H groups in total. The van der Waals surface area contributed by atoms with Crippen LogP contribution in [0.2, 0.25) is 0 Å². The summed E-state index contributed by atoms with van der Waals surface area (Å²) in [6.07, 6.45) is -3.60. The summed E-state index contributed by atoms with van der Waals surface area (Å²) in [4.78, 5) is 23.5. The van der Waals surface area contributed by atoms with E-state index in [-0.39, 0.29) is 13.0 Å². The number of alkyl halides is 2. The Bertz CT molecular complexity index is 601. The van der Waals surface area contributed by atoms with Gasteiger partial charge in [-0.2, -0.15) is 8.78 Å². The van der Waals surface area contributed by atoms with Crippen LogP contribution in [0.4, 0.5) is 13.6 Å². The van der Waals surface area contributed by atoms with Gasteiger partial charge in [0.15, 0.2) is 0 Å². The third-order valence-electron chi connectivity index (χ3n) is 3.30. The lowest BCUT2D eigenvalue weighted by Gasteiger charge is -2.30. The van der Waals surface area contributed by atoms with Gasteiger partial charge in [0.25, 0.3) is 0 Å². The number of carbonyl (C=O) groups excluding carboxylic acids is 2. The van der Waals surface area contributed by atoms with E-state index in [1.807, 2.05) is 0 Å². The van der Waals surface area contributed by atoms with Gasteiger partial charge in [0.2, 0.25) is 0 Å². The monoisotopic (exact) mass is 373 g/mol. The third-order valence-corrected chi connectivity index (χ3v) is 3.30. The lowest BCUT2D eigenvalue weighted by Crippen LogP contribution is -2.56. The number of nitrogens with one attached hydrogen (secondary N) is 1. The number of rotatable bonds is 7. The summed E-state index contributed by atoms with van der Waals surface area (Å²) in [5, 5.41) is 12.3. The molecule has 0 aliphatic heterocycles. The van der Waals surface area contributed by atoms with Gasteiger partial charge in [-0.15, -0.1) is 0 Å². The molecular formula is C18H25F2NO5. The summed E-state index contributed by atoms with van der Waals surface area (Å²) < 4.78 is 37.8. The molecule has 0 fully saturated rings. The van der Waals surface area contributed by atoms with Crippen molar-refractivity contribution in [3.63, 3.8) is 0 Å². The van der Waals surface area contributed by atoms with Crippen LogP contribution in [0.1, 0.15) is 33.3 Å². The highest BCUT2D eigenvalue weighted by Gasteiger charge is 2.52. The first-order valence-corrected chi connectivity index (χ1v) is 8.24. The fourth-order valence-corrected chi connectivity index (χ4v) is 2.17. The minimum atomic E-state index is -4.19. The van der Waals surface area contributed by atoms with E-state index in [9.17, 15) is 23.5 Å². The van der Waals surface area contributed by atoms with Gasteiger partial charge in [-0.1, -0.05) is 30.3 Å². The first-order valence-electron chi connectivity index (χ1n) is 8.24. The molecule has 0 aliphatic carbocycles. The first kappa shape index (κ1) is 21.8. The molecule has 0 saturated heterocycles. The second kappa shape index (κ2) is 8.93. The van der Waals surface area contributed by atoms with Crippen molar-refractivity contribution in [3.8, 4) is 0 Å². The number of amides is 1. The fourth-order valence-electron chi connectivity index (χ4n) is 2.17. The van der Waals surface area contributed by atoms with Crippen LogP contribution in [-0.2, 0) is 20.7 Å². The van der Waals surface area contributed by atoms with Gasteiger partial charge in [-0.3, -0.25) is 0 Å². The van der Waals surface area contributed by atoms with Crippen LogP contribution >= 0.6 is 0 Å². The van der Waals surface area contributed by atoms with E-state index < -0.39 is 35.7 Å². The molecule has 1 aromatic rings. The van der Waals surface area contributed by atoms with Crippen molar-refractivity contribution in [2.75, 3.05) is 6.61 Å². The van der Waals surface area contributed by atoms with E-state index in [0.717, 1.165) is 0 Å². The Kier molecular flexibility index (Phi) is 7.50. The lowest BCUT2D eigenvalue weighted by atomic mass is 9.97. The van der Waals surface area contributed by atoms with Crippen LogP contribution in [0.5, 0.6) is 0 Å². The summed E-state index contributed by atoms with van der Waals surface area (Å²) in [6.45, 7) is 5.96. The summed E-state index contributed by atoms with van der Waals surface area (Å²) in [6, 6.07) is 6.96. The highest BCUT2D eigenvalue weighted by molar-refractivity contribution is 5.78. The molecule has 1 unspecified atom stereocenters. The summed E-state index contributed by atoms with van der Waals surface area (Å²) in [5.74, 6) is -6.04. The Hall–Kier alpha value is -2.22. The highest BCUT2D eigenvalue weighted by Crippen LogP contribution is 2.25. The summed E-state index contributed by atoms with van der Waals surface area (Å²) in [7, 11) is 0. The number of aliphatic hydroxyl groups excluding tert-OH is 1. The van der Waals surface area contributed by atoms with Gasteiger partial charge in [0.1, 0.15) is 11.7 Å². The normalized spacial score (nSPS) is 14.3. The number of esters is 1. The molecular weight excluding hydrogens is 348 g/mol. The zero-order valence-electron chi connectivity index (χ0n) is 15.3. The number of alkyl carbamates (subject to hydrolysis) is 1. The molecule has 0 spiro atoms. The van der Waals surface area contributed by atoms with Crippen molar-refractivity contribution in [1.29, 1.82) is 0 Å². The zero-order valence-corrected chi connectivity index (χ0v) is 15.3. The van der Waals surface area contributed by atoms with Crippen molar-refractivity contribution in [1.82, 2.24) is 5.32 Å². The van der Waals surface area contributed by atoms with Crippen molar-refractivity contribution < 1.29 is 33.0 Å². The Balaban J connectivity index is 3.02. The van der Waals surface area contributed by atoms with E-state index in [4.69, 9.17) is 4.74 Å². The standard InChI is InChI=1S/C18H25F2NO5/c1-5-25-15(23)18(19,20)14(22)13(11-12-9-7-6-8-10-12)21-16(24)26-17(2,3)4/h6-10,13-14,22H,5,11H2,1-4H3,(H,21,24)/t13-,14?/m0/s1. The Morgan fingerprint density at radius 3 is 2.27 bits per heavy atom. The third kappa shape index (κ3) is 6.59. The van der Waals surface area contributed by atoms with E-state index in [1.54, 1.807) is 51.1 Å². The molecule has 0 radical (unpaired) electrons. The van der Waals surface area contributed by atoms with Crippen LogP contribution in [-0.4, -0.2) is 47.4 Å². The first-order chi connectivity index (χ1) is 12.0. The summed E-state index contributed by atoms with van der Waals surface area (Å²) in [5.41, 5.74) is -0.261. The number of aliphatic hydroxyl groups is 1. The molecule has 2 atom stereocenters. The van der Waals surface area contributed by atoms with Gasteiger partial charge in [-0.25, -0.2) is 9.59 Å². The predicted octanol–water partition coefficient (Wildman–Crippen LogP) is 2.68. The largest absolute Gasteiger partial charge is 0.461 e.